The topological polar surface area (TPSA) is 51.5 Å². The van der Waals surface area contributed by atoms with E-state index in [9.17, 15) is 9.59 Å². The van der Waals surface area contributed by atoms with Crippen LogP contribution < -0.4 is 10.5 Å². The van der Waals surface area contributed by atoms with E-state index in [2.05, 4.69) is 15.9 Å². The Balaban J connectivity index is 2.63. The molecule has 0 aliphatic heterocycles. The maximum absolute atomic E-state index is 12.6. The lowest BCUT2D eigenvalue weighted by Gasteiger charge is -2.15. The Morgan fingerprint density at radius 2 is 1.82 bits per heavy atom. The average Bonchev–Trinajstić information content (AvgIpc) is 2.51. The van der Waals surface area contributed by atoms with Crippen molar-refractivity contribution in [3.05, 3.63) is 56.4 Å². The van der Waals surface area contributed by atoms with Crippen LogP contribution in [0.5, 0.6) is 0 Å². The van der Waals surface area contributed by atoms with Crippen molar-refractivity contribution in [3.8, 4) is 5.69 Å². The van der Waals surface area contributed by atoms with Crippen LogP contribution in [0.1, 0.15) is 15.9 Å². The highest BCUT2D eigenvalue weighted by Crippen LogP contribution is 2.20. The summed E-state index contributed by atoms with van der Waals surface area (Å²) in [6.45, 7) is 1.71. The summed E-state index contributed by atoms with van der Waals surface area (Å²) in [6, 6.07) is 7.49. The molecule has 116 valence electrons. The zero-order valence-electron chi connectivity index (χ0n) is 12.9. The lowest BCUT2D eigenvalue weighted by molar-refractivity contribution is 0.0597. The first-order chi connectivity index (χ1) is 10.4. The number of rotatable bonds is 3. The molecule has 0 bridgehead atoms. The Hall–Kier alpha value is -2.08. The molecule has 0 N–H and O–H groups in total. The first-order valence-corrected chi connectivity index (χ1v) is 7.44. The average molecular weight is 365 g/mol. The Bertz CT molecular complexity index is 764. The van der Waals surface area contributed by atoms with Crippen molar-refractivity contribution in [2.45, 2.75) is 6.92 Å². The van der Waals surface area contributed by atoms with Gasteiger partial charge in [0.15, 0.2) is 0 Å². The predicted octanol–water partition coefficient (Wildman–Crippen LogP) is 2.76. The summed E-state index contributed by atoms with van der Waals surface area (Å²) in [5.41, 5.74) is 1.91. The third kappa shape index (κ3) is 2.92. The van der Waals surface area contributed by atoms with Crippen LogP contribution >= 0.6 is 15.9 Å². The number of aromatic nitrogens is 1. The van der Waals surface area contributed by atoms with E-state index < -0.39 is 11.5 Å². The van der Waals surface area contributed by atoms with Gasteiger partial charge in [0.25, 0.3) is 5.56 Å². The molecule has 6 heteroatoms. The van der Waals surface area contributed by atoms with Gasteiger partial charge >= 0.3 is 5.97 Å². The lowest BCUT2D eigenvalue weighted by Crippen LogP contribution is -2.27. The fourth-order valence-electron chi connectivity index (χ4n) is 2.11. The summed E-state index contributed by atoms with van der Waals surface area (Å²) in [7, 11) is 5.15. The van der Waals surface area contributed by atoms with Gasteiger partial charge in [0.2, 0.25) is 0 Å². The highest BCUT2D eigenvalue weighted by molar-refractivity contribution is 9.10. The number of ether oxygens (including phenoxy) is 1. The normalized spacial score (nSPS) is 10.4. The predicted molar refractivity (Wildman–Crippen MR) is 90.1 cm³/mol. The molecule has 0 aliphatic rings. The van der Waals surface area contributed by atoms with Gasteiger partial charge in [0.05, 0.1) is 7.11 Å². The SMILES string of the molecule is COC(=O)c1c(C)c(Br)cn(-c2ccc(N(C)C)cc2)c1=O. The Morgan fingerprint density at radius 1 is 1.23 bits per heavy atom. The summed E-state index contributed by atoms with van der Waals surface area (Å²) in [4.78, 5) is 26.4. The second kappa shape index (κ2) is 6.36. The van der Waals surface area contributed by atoms with Crippen molar-refractivity contribution in [1.29, 1.82) is 0 Å². The van der Waals surface area contributed by atoms with E-state index in [1.807, 2.05) is 43.3 Å². The van der Waals surface area contributed by atoms with Gasteiger partial charge in [-0.3, -0.25) is 9.36 Å². The van der Waals surface area contributed by atoms with Gasteiger partial charge in [-0.1, -0.05) is 0 Å². The van der Waals surface area contributed by atoms with Crippen molar-refractivity contribution in [3.63, 3.8) is 0 Å². The number of hydrogen-bond donors (Lipinski definition) is 0. The smallest absolute Gasteiger partial charge is 0.343 e. The molecule has 0 saturated heterocycles. The molecular formula is C16H17BrN2O3. The maximum Gasteiger partial charge on any atom is 0.343 e. The third-order valence-corrected chi connectivity index (χ3v) is 4.24. The molecule has 0 saturated carbocycles. The number of carbonyl (C=O) groups excluding carboxylic acids is 1. The van der Waals surface area contributed by atoms with Crippen LogP contribution in [-0.4, -0.2) is 31.7 Å². The van der Waals surface area contributed by atoms with Crippen LogP contribution in [0, 0.1) is 6.92 Å². The largest absolute Gasteiger partial charge is 0.465 e. The molecule has 0 spiro atoms. The number of benzene rings is 1. The van der Waals surface area contributed by atoms with Gasteiger partial charge in [-0.25, -0.2) is 4.79 Å². The standard InChI is InChI=1S/C16H17BrN2O3/c1-10-13(17)9-19(15(20)14(10)16(21)22-4)12-7-5-11(6-8-12)18(2)3/h5-9H,1-4H3. The van der Waals surface area contributed by atoms with Crippen LogP contribution in [0.4, 0.5) is 5.69 Å². The van der Waals surface area contributed by atoms with Crippen molar-refractivity contribution in [1.82, 2.24) is 4.57 Å². The van der Waals surface area contributed by atoms with Crippen LogP contribution in [0.25, 0.3) is 5.69 Å². The number of hydrogen-bond acceptors (Lipinski definition) is 4. The van der Waals surface area contributed by atoms with Gasteiger partial charge in [0.1, 0.15) is 5.56 Å². The molecule has 2 aromatic rings. The highest BCUT2D eigenvalue weighted by Gasteiger charge is 2.19. The number of carbonyl (C=O) groups is 1. The van der Waals surface area contributed by atoms with Gasteiger partial charge in [-0.2, -0.15) is 0 Å². The molecule has 22 heavy (non-hydrogen) atoms. The summed E-state index contributed by atoms with van der Waals surface area (Å²) in [6.07, 6.45) is 1.66. The van der Waals surface area contributed by atoms with Crippen molar-refractivity contribution < 1.29 is 9.53 Å². The van der Waals surface area contributed by atoms with E-state index in [0.29, 0.717) is 15.7 Å². The maximum atomic E-state index is 12.6. The first kappa shape index (κ1) is 16.3. The second-order valence-corrected chi connectivity index (χ2v) is 5.91. The molecule has 1 aromatic heterocycles. The minimum atomic E-state index is -0.637. The second-order valence-electron chi connectivity index (χ2n) is 5.05. The highest BCUT2D eigenvalue weighted by atomic mass is 79.9. The minimum Gasteiger partial charge on any atom is -0.465 e. The molecule has 1 aromatic carbocycles. The zero-order valence-corrected chi connectivity index (χ0v) is 14.5. The molecular weight excluding hydrogens is 348 g/mol. The fraction of sp³-hybridized carbons (Fsp3) is 0.250. The molecule has 0 radical (unpaired) electrons. The number of pyridine rings is 1. The number of methoxy groups -OCH3 is 1. The summed E-state index contributed by atoms with van der Waals surface area (Å²) < 4.78 is 6.82. The van der Waals surface area contributed by atoms with Gasteiger partial charge in [0, 0.05) is 36.1 Å². The summed E-state index contributed by atoms with van der Waals surface area (Å²) in [5.74, 6) is -0.637. The number of halogens is 1. The Kier molecular flexibility index (Phi) is 4.71. The number of nitrogens with zero attached hydrogens (tertiary/aromatic N) is 2. The van der Waals surface area contributed by atoms with E-state index >= 15 is 0 Å². The zero-order chi connectivity index (χ0) is 16.4. The molecule has 0 aliphatic carbocycles. The Morgan fingerprint density at radius 3 is 2.32 bits per heavy atom. The number of esters is 1. The third-order valence-electron chi connectivity index (χ3n) is 3.44. The van der Waals surface area contributed by atoms with E-state index in [4.69, 9.17) is 4.74 Å². The number of anilines is 1. The van der Waals surface area contributed by atoms with Gasteiger partial charge in [-0.05, 0) is 52.7 Å². The van der Waals surface area contributed by atoms with Crippen molar-refractivity contribution in [2.24, 2.45) is 0 Å². The molecule has 2 rings (SSSR count). The van der Waals surface area contributed by atoms with Crippen LogP contribution in [0.2, 0.25) is 0 Å². The van der Waals surface area contributed by atoms with E-state index in [-0.39, 0.29) is 5.56 Å². The molecule has 1 heterocycles. The molecule has 0 unspecified atom stereocenters. The van der Waals surface area contributed by atoms with Crippen LogP contribution in [0.15, 0.2) is 39.7 Å². The van der Waals surface area contributed by atoms with Crippen LogP contribution in [-0.2, 0) is 4.74 Å². The summed E-state index contributed by atoms with van der Waals surface area (Å²) >= 11 is 3.39. The molecule has 0 atom stereocenters. The van der Waals surface area contributed by atoms with Gasteiger partial charge < -0.3 is 9.64 Å². The Labute approximate surface area is 137 Å². The lowest BCUT2D eigenvalue weighted by atomic mass is 10.1. The monoisotopic (exact) mass is 364 g/mol. The molecule has 0 amide bonds. The molecule has 5 nitrogen and oxygen atoms in total. The van der Waals surface area contributed by atoms with Crippen molar-refractivity contribution >= 4 is 27.6 Å². The summed E-state index contributed by atoms with van der Waals surface area (Å²) in [5, 5.41) is 0. The molecule has 0 fully saturated rings. The fourth-order valence-corrected chi connectivity index (χ4v) is 2.52. The van der Waals surface area contributed by atoms with E-state index in [1.165, 1.54) is 11.7 Å². The van der Waals surface area contributed by atoms with E-state index in [1.54, 1.807) is 13.1 Å². The van der Waals surface area contributed by atoms with Crippen molar-refractivity contribution in [2.75, 3.05) is 26.1 Å². The minimum absolute atomic E-state index is 0.0357. The van der Waals surface area contributed by atoms with Crippen LogP contribution in [0.3, 0.4) is 0 Å². The quantitative estimate of drug-likeness (QED) is 0.785. The van der Waals surface area contributed by atoms with Gasteiger partial charge in [-0.15, -0.1) is 0 Å². The van der Waals surface area contributed by atoms with E-state index in [0.717, 1.165) is 5.69 Å². The first-order valence-electron chi connectivity index (χ1n) is 6.64.